The number of hydrogen-bond donors (Lipinski definition) is 3. The summed E-state index contributed by atoms with van der Waals surface area (Å²) in [4.78, 5) is 0. The zero-order valence-electron chi connectivity index (χ0n) is 10.3. The van der Waals surface area contributed by atoms with E-state index in [-0.39, 0.29) is 0 Å². The molecule has 0 aromatic carbocycles. The van der Waals surface area contributed by atoms with Gasteiger partial charge in [-0.2, -0.15) is 0 Å². The van der Waals surface area contributed by atoms with Crippen LogP contribution in [0.25, 0.3) is 0 Å². The zero-order chi connectivity index (χ0) is 11.8. The van der Waals surface area contributed by atoms with Crippen molar-refractivity contribution in [2.45, 2.75) is 19.3 Å². The number of hydrogen-bond acceptors (Lipinski definition) is 4. The van der Waals surface area contributed by atoms with Crippen molar-refractivity contribution in [2.75, 3.05) is 40.4 Å². The third-order valence-corrected chi connectivity index (χ3v) is 1.68. The molecule has 0 atom stereocenters. The molecule has 0 saturated carbocycles. The third-order valence-electron chi connectivity index (χ3n) is 1.68. The number of unbranched alkanes of at least 4 members (excludes halogenated alkanes) is 1. The van der Waals surface area contributed by atoms with Gasteiger partial charge in [0.25, 0.3) is 0 Å². The lowest BCUT2D eigenvalue weighted by Gasteiger charge is -2.03. The minimum atomic E-state index is 0.889. The summed E-state index contributed by atoms with van der Waals surface area (Å²) in [6.45, 7) is 3.95. The summed E-state index contributed by atoms with van der Waals surface area (Å²) in [7, 11) is 6.42. The molecule has 4 nitrogen and oxygen atoms in total. The van der Waals surface area contributed by atoms with Gasteiger partial charge in [-0.1, -0.05) is 0 Å². The van der Waals surface area contributed by atoms with Crippen LogP contribution in [0.1, 0.15) is 19.3 Å². The predicted molar refractivity (Wildman–Crippen MR) is 63.6 cm³/mol. The molecule has 0 rings (SSSR count). The van der Waals surface area contributed by atoms with Crippen LogP contribution in [0.5, 0.6) is 0 Å². The Morgan fingerprint density at radius 3 is 2.21 bits per heavy atom. The molecule has 0 aromatic rings. The molecular formula is C9H24N3OP. The molecule has 14 heavy (non-hydrogen) atoms. The first kappa shape index (κ1) is 14.0. The maximum absolute atomic E-state index is 5.75. The van der Waals surface area contributed by atoms with E-state index in [1.54, 1.807) is 0 Å². The van der Waals surface area contributed by atoms with Gasteiger partial charge >= 0.3 is 0 Å². The predicted octanol–water partition coefficient (Wildman–Crippen LogP) is 1.50. The van der Waals surface area contributed by atoms with Crippen LogP contribution in [0.2, 0.25) is 1.41 Å². The molecule has 0 unspecified atom stereocenters. The highest BCUT2D eigenvalue weighted by Gasteiger charge is 1.88. The quantitative estimate of drug-likeness (QED) is 0.409. The van der Waals surface area contributed by atoms with Gasteiger partial charge in [0, 0.05) is 13.2 Å². The minimum absolute atomic E-state index is 0.889. The lowest BCUT2D eigenvalue weighted by molar-refractivity contribution is 0.128. The Bertz CT molecular complexity index is 110. The molecule has 0 aromatic heterocycles. The molecule has 0 aliphatic heterocycles. The number of ether oxygens (including phenoxy) is 1. The second-order valence-electron chi connectivity index (χ2n) is 2.88. The van der Waals surface area contributed by atoms with Gasteiger partial charge in [-0.3, -0.25) is 5.15 Å². The largest absolute Gasteiger partial charge is 0.381 e. The van der Waals surface area contributed by atoms with E-state index < -0.39 is 0 Å². The van der Waals surface area contributed by atoms with Crippen molar-refractivity contribution >= 4 is 9.03 Å². The van der Waals surface area contributed by atoms with Crippen molar-refractivity contribution in [3.63, 3.8) is 0 Å². The van der Waals surface area contributed by atoms with Crippen molar-refractivity contribution in [3.8, 4) is 0 Å². The van der Waals surface area contributed by atoms with Gasteiger partial charge in [-0.25, -0.2) is 0 Å². The standard InChI is InChI=1S/C9H22N2O.H2NP/c1-10-6-3-4-8-12-9-5-7-11-2;1-2/h10-11H,3-9H2,1-2H3;1-2H/i/hD. The second-order valence-corrected chi connectivity index (χ2v) is 2.88. The van der Waals surface area contributed by atoms with Gasteiger partial charge in [-0.05, 0) is 55.5 Å². The molecule has 5 heteroatoms. The molecule has 86 valence electrons. The van der Waals surface area contributed by atoms with Crippen LogP contribution < -0.4 is 10.6 Å². The van der Waals surface area contributed by atoms with Gasteiger partial charge in [0.2, 0.25) is 0 Å². The van der Waals surface area contributed by atoms with E-state index >= 15 is 0 Å². The summed E-state index contributed by atoms with van der Waals surface area (Å²) >= 11 is 0. The highest BCUT2D eigenvalue weighted by molar-refractivity contribution is 7.02. The Balaban J connectivity index is 0. The minimum Gasteiger partial charge on any atom is -0.381 e. The van der Waals surface area contributed by atoms with Crippen LogP contribution in [0, 0.1) is 5.15 Å². The first-order valence-electron chi connectivity index (χ1n) is 5.46. The summed E-state index contributed by atoms with van der Waals surface area (Å²) < 4.78 is 11.2. The summed E-state index contributed by atoms with van der Waals surface area (Å²) in [5.41, 5.74) is 0. The lowest BCUT2D eigenvalue weighted by Crippen LogP contribution is -2.11. The van der Waals surface area contributed by atoms with E-state index in [2.05, 4.69) is 24.8 Å². The van der Waals surface area contributed by atoms with Gasteiger partial charge < -0.3 is 15.4 Å². The smallest absolute Gasteiger partial charge is 0.192 e. The fraction of sp³-hybridized carbons (Fsp3) is 1.00. The molecular weight excluding hydrogens is 197 g/mol. The Morgan fingerprint density at radius 1 is 1.14 bits per heavy atom. The molecule has 0 fully saturated rings. The lowest BCUT2D eigenvalue weighted by atomic mass is 10.3. The van der Waals surface area contributed by atoms with E-state index in [1.807, 2.05) is 14.1 Å². The van der Waals surface area contributed by atoms with Gasteiger partial charge in [-0.15, -0.1) is 0 Å². The van der Waals surface area contributed by atoms with Crippen LogP contribution in [-0.4, -0.2) is 40.4 Å². The van der Waals surface area contributed by atoms with Crippen LogP contribution in [0.4, 0.5) is 0 Å². The Hall–Kier alpha value is -0.0200. The van der Waals surface area contributed by atoms with Crippen LogP contribution in [-0.2, 0) is 4.74 Å². The Morgan fingerprint density at radius 2 is 1.64 bits per heavy atom. The molecule has 0 radical (unpaired) electrons. The van der Waals surface area contributed by atoms with Crippen molar-refractivity contribution in [2.24, 2.45) is 0 Å². The first-order valence-corrected chi connectivity index (χ1v) is 5.46. The maximum Gasteiger partial charge on any atom is 0.192 e. The van der Waals surface area contributed by atoms with Gasteiger partial charge in [0.15, 0.2) is 1.41 Å². The van der Waals surface area contributed by atoms with Crippen LogP contribution in [0.3, 0.4) is 0 Å². The molecule has 0 aliphatic carbocycles. The number of rotatable bonds is 9. The third kappa shape index (κ3) is 17.9. The van der Waals surface area contributed by atoms with E-state index in [9.17, 15) is 0 Å². The van der Waals surface area contributed by atoms with E-state index in [1.165, 1.54) is 12.8 Å². The molecule has 3 N–H and O–H groups in total. The van der Waals surface area contributed by atoms with E-state index in [4.69, 9.17) is 6.15 Å². The molecule has 0 bridgehead atoms. The molecule has 0 aliphatic rings. The summed E-state index contributed by atoms with van der Waals surface area (Å²) in [5.74, 6) is 0. The fourth-order valence-corrected chi connectivity index (χ4v) is 0.959. The molecule has 0 saturated heterocycles. The fourth-order valence-electron chi connectivity index (χ4n) is 0.959. The summed E-state index contributed by atoms with van der Waals surface area (Å²) in [5, 5.41) is 8.76. The van der Waals surface area contributed by atoms with E-state index in [0.717, 1.165) is 32.7 Å². The van der Waals surface area contributed by atoms with Crippen molar-refractivity contribution < 1.29 is 6.15 Å². The van der Waals surface area contributed by atoms with Gasteiger partial charge in [0.1, 0.15) is 0 Å². The van der Waals surface area contributed by atoms with Crippen molar-refractivity contribution in [3.05, 3.63) is 0 Å². The summed E-state index contributed by atoms with van der Waals surface area (Å²) in [6, 6.07) is 0. The van der Waals surface area contributed by atoms with E-state index in [0.29, 0.717) is 0 Å². The molecule has 0 spiro atoms. The first-order chi connectivity index (χ1) is 7.33. The van der Waals surface area contributed by atoms with Crippen LogP contribution >= 0.6 is 9.03 Å². The van der Waals surface area contributed by atoms with Gasteiger partial charge in [0.05, 0.1) is 0 Å². The number of nitrogens with one attached hydrogen (secondary N) is 3. The average molecular weight is 222 g/mol. The maximum atomic E-state index is 5.75. The monoisotopic (exact) mass is 222 g/mol. The summed E-state index contributed by atoms with van der Waals surface area (Å²) in [6.07, 6.45) is 3.49. The van der Waals surface area contributed by atoms with Crippen LogP contribution in [0.15, 0.2) is 0 Å². The highest BCUT2D eigenvalue weighted by Crippen LogP contribution is 1.89. The van der Waals surface area contributed by atoms with Crippen molar-refractivity contribution in [1.29, 1.82) is 5.15 Å². The Kier molecular flexibility index (Phi) is 18.7. The average Bonchev–Trinajstić information content (AvgIpc) is 2.23. The topological polar surface area (TPSA) is 57.1 Å². The Labute approximate surface area is 91.4 Å². The SMILES string of the molecule is CNCCCCOCCCNC.[2H]N=P. The highest BCUT2D eigenvalue weighted by atomic mass is 31.0. The van der Waals surface area contributed by atoms with Crippen molar-refractivity contribution in [1.82, 2.24) is 10.6 Å². The molecule has 0 amide bonds. The zero-order valence-corrected chi connectivity index (χ0v) is 10.3. The second kappa shape index (κ2) is 18.7. The molecule has 0 heterocycles. The normalized spacial score (nSPS) is 10.0.